The van der Waals surface area contributed by atoms with Gasteiger partial charge in [0.1, 0.15) is 0 Å². The molecule has 2 fully saturated rings. The summed E-state index contributed by atoms with van der Waals surface area (Å²) < 4.78 is 16.2. The van der Waals surface area contributed by atoms with Crippen molar-refractivity contribution in [1.82, 2.24) is 19.7 Å². The molecule has 3 aromatic rings. The van der Waals surface area contributed by atoms with Gasteiger partial charge in [-0.2, -0.15) is 9.49 Å². The molecule has 164 valence electrons. The summed E-state index contributed by atoms with van der Waals surface area (Å²) in [6.07, 6.45) is 11.4. The number of hydrogen-bond donors (Lipinski definition) is 0. The van der Waals surface area contributed by atoms with Crippen LogP contribution in [0.2, 0.25) is 0 Å². The SMILES string of the molecule is O=C1c2cc(-c3nc(F)ccc3-c3cnn(CC4CCCC4)c3)ccc2CN1CC1CC1. The molecule has 0 saturated heterocycles. The van der Waals surface area contributed by atoms with Gasteiger partial charge in [0.25, 0.3) is 5.91 Å². The number of carbonyl (C=O) groups excluding carboxylic acids is 1. The third-order valence-electron chi connectivity index (χ3n) is 7.16. The number of fused-ring (bicyclic) bond motifs is 1. The summed E-state index contributed by atoms with van der Waals surface area (Å²) in [5.74, 6) is 0.903. The lowest BCUT2D eigenvalue weighted by Crippen LogP contribution is -2.26. The topological polar surface area (TPSA) is 51.0 Å². The average Bonchev–Trinajstić information content (AvgIpc) is 3.15. The number of amides is 1. The first-order valence-electron chi connectivity index (χ1n) is 11.8. The van der Waals surface area contributed by atoms with Crippen molar-refractivity contribution in [2.24, 2.45) is 11.8 Å². The highest BCUT2D eigenvalue weighted by molar-refractivity contribution is 6.00. The Bertz CT molecular complexity index is 1180. The number of halogens is 1. The molecule has 1 aliphatic heterocycles. The number of pyridine rings is 1. The van der Waals surface area contributed by atoms with Gasteiger partial charge in [-0.05, 0) is 61.3 Å². The fraction of sp³-hybridized carbons (Fsp3) is 0.423. The van der Waals surface area contributed by atoms with Gasteiger partial charge >= 0.3 is 0 Å². The molecule has 0 bridgehead atoms. The van der Waals surface area contributed by atoms with Crippen molar-refractivity contribution in [1.29, 1.82) is 0 Å². The predicted molar refractivity (Wildman–Crippen MR) is 120 cm³/mol. The molecule has 2 saturated carbocycles. The number of benzene rings is 1. The number of hydrogen-bond acceptors (Lipinski definition) is 3. The van der Waals surface area contributed by atoms with Gasteiger partial charge < -0.3 is 4.90 Å². The van der Waals surface area contributed by atoms with Gasteiger partial charge in [-0.15, -0.1) is 0 Å². The van der Waals surface area contributed by atoms with Crippen LogP contribution in [0.1, 0.15) is 54.4 Å². The maximum Gasteiger partial charge on any atom is 0.254 e. The third-order valence-corrected chi connectivity index (χ3v) is 7.16. The van der Waals surface area contributed by atoms with Gasteiger partial charge in [-0.25, -0.2) is 4.98 Å². The summed E-state index contributed by atoms with van der Waals surface area (Å²) in [6, 6.07) is 9.00. The van der Waals surface area contributed by atoms with E-state index in [1.54, 1.807) is 6.07 Å². The van der Waals surface area contributed by atoms with E-state index in [0.717, 1.165) is 40.9 Å². The smallest absolute Gasteiger partial charge is 0.254 e. The van der Waals surface area contributed by atoms with Gasteiger partial charge in [-0.3, -0.25) is 9.48 Å². The molecule has 5 nitrogen and oxygen atoms in total. The second kappa shape index (κ2) is 7.84. The zero-order valence-corrected chi connectivity index (χ0v) is 18.1. The molecular weight excluding hydrogens is 403 g/mol. The van der Waals surface area contributed by atoms with Crippen LogP contribution in [0, 0.1) is 17.8 Å². The van der Waals surface area contributed by atoms with Crippen LogP contribution in [0.15, 0.2) is 42.7 Å². The second-order valence-electron chi connectivity index (χ2n) is 9.63. The van der Waals surface area contributed by atoms with Crippen LogP contribution >= 0.6 is 0 Å². The fourth-order valence-electron chi connectivity index (χ4n) is 5.22. The number of rotatable bonds is 6. The predicted octanol–water partition coefficient (Wildman–Crippen LogP) is 5.31. The molecule has 32 heavy (non-hydrogen) atoms. The van der Waals surface area contributed by atoms with Crippen molar-refractivity contribution in [3.8, 4) is 22.4 Å². The number of nitrogens with zero attached hydrogens (tertiary/aromatic N) is 4. The first kappa shape index (κ1) is 19.6. The average molecular weight is 431 g/mol. The Balaban J connectivity index is 1.32. The first-order chi connectivity index (χ1) is 15.6. The highest BCUT2D eigenvalue weighted by atomic mass is 19.1. The monoisotopic (exact) mass is 430 g/mol. The summed E-state index contributed by atoms with van der Waals surface area (Å²) >= 11 is 0. The van der Waals surface area contributed by atoms with E-state index in [-0.39, 0.29) is 5.91 Å². The molecule has 2 aliphatic carbocycles. The highest BCUT2D eigenvalue weighted by Gasteiger charge is 2.33. The lowest BCUT2D eigenvalue weighted by molar-refractivity contribution is 0.0771. The minimum Gasteiger partial charge on any atom is -0.334 e. The van der Waals surface area contributed by atoms with Crippen molar-refractivity contribution >= 4 is 5.91 Å². The van der Waals surface area contributed by atoms with E-state index in [0.29, 0.717) is 24.1 Å². The van der Waals surface area contributed by atoms with E-state index < -0.39 is 5.95 Å². The Morgan fingerprint density at radius 1 is 0.938 bits per heavy atom. The molecule has 1 aromatic carbocycles. The third kappa shape index (κ3) is 3.72. The van der Waals surface area contributed by atoms with Gasteiger partial charge in [-0.1, -0.05) is 25.0 Å². The van der Waals surface area contributed by atoms with E-state index in [1.807, 2.05) is 40.2 Å². The van der Waals surface area contributed by atoms with Crippen LogP contribution in [-0.2, 0) is 13.1 Å². The highest BCUT2D eigenvalue weighted by Crippen LogP contribution is 2.36. The Morgan fingerprint density at radius 2 is 1.75 bits per heavy atom. The van der Waals surface area contributed by atoms with Crippen LogP contribution in [0.5, 0.6) is 0 Å². The van der Waals surface area contributed by atoms with Crippen LogP contribution in [-0.4, -0.2) is 32.1 Å². The van der Waals surface area contributed by atoms with E-state index in [9.17, 15) is 9.18 Å². The Kier molecular flexibility index (Phi) is 4.81. The van der Waals surface area contributed by atoms with Crippen molar-refractivity contribution in [2.75, 3.05) is 6.54 Å². The maximum absolute atomic E-state index is 14.2. The lowest BCUT2D eigenvalue weighted by Gasteiger charge is -2.14. The van der Waals surface area contributed by atoms with Gasteiger partial charge in [0.05, 0.1) is 11.9 Å². The van der Waals surface area contributed by atoms with Crippen LogP contribution in [0.4, 0.5) is 4.39 Å². The largest absolute Gasteiger partial charge is 0.334 e. The van der Waals surface area contributed by atoms with E-state index in [2.05, 4.69) is 10.1 Å². The molecule has 6 heteroatoms. The molecule has 0 atom stereocenters. The summed E-state index contributed by atoms with van der Waals surface area (Å²) in [4.78, 5) is 19.1. The zero-order chi connectivity index (χ0) is 21.7. The maximum atomic E-state index is 14.2. The second-order valence-corrected chi connectivity index (χ2v) is 9.63. The molecule has 0 spiro atoms. The van der Waals surface area contributed by atoms with E-state index in [1.165, 1.54) is 44.6 Å². The lowest BCUT2D eigenvalue weighted by atomic mass is 9.98. The zero-order valence-electron chi connectivity index (χ0n) is 18.1. The number of carbonyl (C=O) groups is 1. The fourth-order valence-corrected chi connectivity index (χ4v) is 5.22. The van der Waals surface area contributed by atoms with E-state index in [4.69, 9.17) is 0 Å². The van der Waals surface area contributed by atoms with Crippen LogP contribution < -0.4 is 0 Å². The molecule has 3 heterocycles. The van der Waals surface area contributed by atoms with Gasteiger partial charge in [0, 0.05) is 48.1 Å². The van der Waals surface area contributed by atoms with Gasteiger partial charge in [0.15, 0.2) is 0 Å². The minimum absolute atomic E-state index is 0.0797. The van der Waals surface area contributed by atoms with Crippen molar-refractivity contribution < 1.29 is 9.18 Å². The molecule has 6 rings (SSSR count). The van der Waals surface area contributed by atoms with Gasteiger partial charge in [0.2, 0.25) is 5.95 Å². The summed E-state index contributed by atoms with van der Waals surface area (Å²) in [7, 11) is 0. The standard InChI is InChI=1S/C26H27FN4O/c27-24-10-9-22(21-12-28-31(16-21)14-17-3-1-2-4-17)25(29-24)19-7-8-20-15-30(13-18-5-6-18)26(32)23(20)11-19/h7-12,16-18H,1-6,13-15H2. The molecule has 0 radical (unpaired) electrons. The Labute approximate surface area is 187 Å². The minimum atomic E-state index is -0.524. The molecule has 0 unspecified atom stereocenters. The summed E-state index contributed by atoms with van der Waals surface area (Å²) in [6.45, 7) is 2.43. The van der Waals surface area contributed by atoms with Crippen molar-refractivity contribution in [3.63, 3.8) is 0 Å². The van der Waals surface area contributed by atoms with E-state index >= 15 is 0 Å². The quantitative estimate of drug-likeness (QED) is 0.498. The number of aromatic nitrogens is 3. The Morgan fingerprint density at radius 3 is 2.56 bits per heavy atom. The summed E-state index contributed by atoms with van der Waals surface area (Å²) in [5, 5.41) is 4.56. The first-order valence-corrected chi connectivity index (χ1v) is 11.8. The molecule has 0 N–H and O–H groups in total. The Hall–Kier alpha value is -3.02. The van der Waals surface area contributed by atoms with Crippen LogP contribution in [0.3, 0.4) is 0 Å². The van der Waals surface area contributed by atoms with Crippen molar-refractivity contribution in [3.05, 3.63) is 59.8 Å². The summed E-state index contributed by atoms with van der Waals surface area (Å²) in [5.41, 5.74) is 4.85. The molecular formula is C26H27FN4O. The van der Waals surface area contributed by atoms with Crippen molar-refractivity contribution in [2.45, 2.75) is 51.6 Å². The molecule has 2 aromatic heterocycles. The van der Waals surface area contributed by atoms with Crippen LogP contribution in [0.25, 0.3) is 22.4 Å². The normalized spacial score (nSPS) is 18.5. The molecule has 3 aliphatic rings. The molecule has 1 amide bonds.